The van der Waals surface area contributed by atoms with Gasteiger partial charge in [-0.1, -0.05) is 19.1 Å². The topological polar surface area (TPSA) is 69.7 Å². The lowest BCUT2D eigenvalue weighted by molar-refractivity contribution is -0.117. The Kier molecular flexibility index (Phi) is 6.31. The molecule has 2 aromatic rings. The van der Waals surface area contributed by atoms with Crippen LogP contribution in [0, 0.1) is 6.92 Å². The van der Waals surface area contributed by atoms with Crippen molar-refractivity contribution in [2.24, 2.45) is 0 Å². The molecule has 0 aliphatic carbocycles. The van der Waals surface area contributed by atoms with E-state index in [1.165, 1.54) is 21.2 Å². The number of aryl methyl sites for hydroxylation is 2. The zero-order valence-electron chi connectivity index (χ0n) is 15.6. The van der Waals surface area contributed by atoms with Crippen LogP contribution in [-0.4, -0.2) is 56.3 Å². The van der Waals surface area contributed by atoms with E-state index in [4.69, 9.17) is 0 Å². The van der Waals surface area contributed by atoms with E-state index < -0.39 is 10.0 Å². The summed E-state index contributed by atoms with van der Waals surface area (Å²) in [5.41, 5.74) is 1.98. The van der Waals surface area contributed by atoms with Gasteiger partial charge in [-0.3, -0.25) is 9.69 Å². The summed E-state index contributed by atoms with van der Waals surface area (Å²) < 4.78 is 27.2. The lowest BCUT2D eigenvalue weighted by atomic mass is 10.1. The molecule has 3 rings (SSSR count). The number of sulfonamides is 1. The normalized spacial score (nSPS) is 16.4. The highest BCUT2D eigenvalue weighted by Crippen LogP contribution is 2.25. The third-order valence-corrected chi connectivity index (χ3v) is 7.99. The van der Waals surface area contributed by atoms with Crippen molar-refractivity contribution in [1.29, 1.82) is 0 Å². The average molecular weight is 408 g/mol. The molecule has 8 heteroatoms. The van der Waals surface area contributed by atoms with E-state index in [1.807, 2.05) is 42.2 Å². The molecule has 0 radical (unpaired) electrons. The predicted molar refractivity (Wildman–Crippen MR) is 109 cm³/mol. The number of rotatable bonds is 6. The number of carbonyl (C=O) groups excluding carboxylic acids is 1. The third-order valence-electron chi connectivity index (χ3n) is 4.63. The molecule has 1 aromatic carbocycles. The van der Waals surface area contributed by atoms with Gasteiger partial charge in [0, 0.05) is 36.7 Å². The molecule has 0 atom stereocenters. The van der Waals surface area contributed by atoms with E-state index >= 15 is 0 Å². The van der Waals surface area contributed by atoms with Crippen LogP contribution in [0.5, 0.6) is 0 Å². The van der Waals surface area contributed by atoms with Gasteiger partial charge in [0.05, 0.1) is 6.54 Å². The fourth-order valence-electron chi connectivity index (χ4n) is 3.08. The van der Waals surface area contributed by atoms with Gasteiger partial charge < -0.3 is 5.32 Å². The van der Waals surface area contributed by atoms with Crippen LogP contribution in [0.2, 0.25) is 0 Å². The van der Waals surface area contributed by atoms with Gasteiger partial charge in [0.15, 0.2) is 0 Å². The van der Waals surface area contributed by atoms with Gasteiger partial charge in [0.1, 0.15) is 4.21 Å². The Morgan fingerprint density at radius 1 is 1.15 bits per heavy atom. The molecule has 146 valence electrons. The van der Waals surface area contributed by atoms with Gasteiger partial charge in [-0.05, 0) is 43.2 Å². The number of piperazine rings is 1. The van der Waals surface area contributed by atoms with Gasteiger partial charge >= 0.3 is 0 Å². The fourth-order valence-corrected chi connectivity index (χ4v) is 5.94. The number of anilines is 1. The molecule has 1 aromatic heterocycles. The van der Waals surface area contributed by atoms with E-state index in [-0.39, 0.29) is 12.5 Å². The molecule has 27 heavy (non-hydrogen) atoms. The van der Waals surface area contributed by atoms with Crippen molar-refractivity contribution >= 4 is 33.0 Å². The quantitative estimate of drug-likeness (QED) is 0.799. The summed E-state index contributed by atoms with van der Waals surface area (Å²) in [6, 6.07) is 11.3. The summed E-state index contributed by atoms with van der Waals surface area (Å²) in [6.07, 6.45) is 0.921. The summed E-state index contributed by atoms with van der Waals surface area (Å²) in [4.78, 5) is 15.3. The van der Waals surface area contributed by atoms with Crippen molar-refractivity contribution in [2.45, 2.75) is 24.5 Å². The van der Waals surface area contributed by atoms with E-state index in [2.05, 4.69) is 12.2 Å². The van der Waals surface area contributed by atoms with Crippen molar-refractivity contribution in [2.75, 3.05) is 38.0 Å². The van der Waals surface area contributed by atoms with E-state index in [0.29, 0.717) is 30.4 Å². The number of thiophene rings is 1. The SMILES string of the molecule is CCc1cccc(NC(=O)CN2CCN(S(=O)(=O)c3ccc(C)s3)CC2)c1. The number of carbonyl (C=O) groups is 1. The summed E-state index contributed by atoms with van der Waals surface area (Å²) in [6.45, 7) is 6.14. The maximum Gasteiger partial charge on any atom is 0.252 e. The Bertz CT molecular complexity index is 900. The van der Waals surface area contributed by atoms with Crippen LogP contribution >= 0.6 is 11.3 Å². The summed E-state index contributed by atoms with van der Waals surface area (Å²) in [7, 11) is -3.42. The summed E-state index contributed by atoms with van der Waals surface area (Å²) in [5.74, 6) is -0.0755. The van der Waals surface area contributed by atoms with Gasteiger partial charge in [0.2, 0.25) is 5.91 Å². The average Bonchev–Trinajstić information content (AvgIpc) is 3.09. The lowest BCUT2D eigenvalue weighted by Crippen LogP contribution is -2.50. The highest BCUT2D eigenvalue weighted by Gasteiger charge is 2.30. The lowest BCUT2D eigenvalue weighted by Gasteiger charge is -2.33. The molecular weight excluding hydrogens is 382 g/mol. The smallest absolute Gasteiger partial charge is 0.252 e. The zero-order valence-corrected chi connectivity index (χ0v) is 17.3. The second-order valence-corrected chi connectivity index (χ2v) is 10.1. The molecule has 0 unspecified atom stereocenters. The number of nitrogens with zero attached hydrogens (tertiary/aromatic N) is 2. The van der Waals surface area contributed by atoms with Gasteiger partial charge in [0.25, 0.3) is 10.0 Å². The minimum absolute atomic E-state index is 0.0755. The fraction of sp³-hybridized carbons (Fsp3) is 0.421. The van der Waals surface area contributed by atoms with Crippen LogP contribution in [0.25, 0.3) is 0 Å². The molecule has 6 nitrogen and oxygen atoms in total. The molecule has 1 saturated heterocycles. The van der Waals surface area contributed by atoms with Crippen molar-refractivity contribution in [3.8, 4) is 0 Å². The number of hydrogen-bond donors (Lipinski definition) is 1. The second-order valence-electron chi connectivity index (χ2n) is 6.65. The molecule has 1 N–H and O–H groups in total. The predicted octanol–water partition coefficient (Wildman–Crippen LogP) is 2.56. The molecule has 0 saturated carbocycles. The minimum atomic E-state index is -3.42. The highest BCUT2D eigenvalue weighted by molar-refractivity contribution is 7.91. The van der Waals surface area contributed by atoms with Crippen LogP contribution in [0.15, 0.2) is 40.6 Å². The first-order valence-corrected chi connectivity index (χ1v) is 11.3. The third kappa shape index (κ3) is 4.95. The minimum Gasteiger partial charge on any atom is -0.325 e. The molecule has 1 amide bonds. The van der Waals surface area contributed by atoms with Gasteiger partial charge in [-0.2, -0.15) is 4.31 Å². The van der Waals surface area contributed by atoms with Gasteiger partial charge in [-0.15, -0.1) is 11.3 Å². The molecule has 0 bridgehead atoms. The molecule has 0 spiro atoms. The first kappa shape index (κ1) is 20.0. The van der Waals surface area contributed by atoms with Crippen molar-refractivity contribution < 1.29 is 13.2 Å². The largest absolute Gasteiger partial charge is 0.325 e. The van der Waals surface area contributed by atoms with Crippen molar-refractivity contribution in [1.82, 2.24) is 9.21 Å². The summed E-state index contributed by atoms with van der Waals surface area (Å²) >= 11 is 1.30. The van der Waals surface area contributed by atoms with Crippen LogP contribution in [-0.2, 0) is 21.2 Å². The van der Waals surface area contributed by atoms with Gasteiger partial charge in [-0.25, -0.2) is 8.42 Å². The van der Waals surface area contributed by atoms with E-state index in [1.54, 1.807) is 6.07 Å². The molecule has 1 fully saturated rings. The molecule has 2 heterocycles. The standard InChI is InChI=1S/C19H25N3O3S2/c1-3-16-5-4-6-17(13-16)20-18(23)14-21-9-11-22(12-10-21)27(24,25)19-8-7-15(2)26-19/h4-8,13H,3,9-12,14H2,1-2H3,(H,20,23). The van der Waals surface area contributed by atoms with E-state index in [0.717, 1.165) is 17.0 Å². The van der Waals surface area contributed by atoms with Crippen LogP contribution in [0.1, 0.15) is 17.4 Å². The number of amides is 1. The monoisotopic (exact) mass is 407 g/mol. The first-order chi connectivity index (χ1) is 12.9. The molecule has 1 aliphatic heterocycles. The molecule has 1 aliphatic rings. The Balaban J connectivity index is 1.52. The maximum absolute atomic E-state index is 12.7. The van der Waals surface area contributed by atoms with E-state index in [9.17, 15) is 13.2 Å². The Labute approximate surface area is 164 Å². The Morgan fingerprint density at radius 3 is 2.52 bits per heavy atom. The summed E-state index contributed by atoms with van der Waals surface area (Å²) in [5, 5.41) is 2.92. The Hall–Kier alpha value is -1.74. The van der Waals surface area contributed by atoms with Crippen LogP contribution in [0.3, 0.4) is 0 Å². The van der Waals surface area contributed by atoms with Crippen LogP contribution < -0.4 is 5.32 Å². The van der Waals surface area contributed by atoms with Crippen molar-refractivity contribution in [3.63, 3.8) is 0 Å². The zero-order chi connectivity index (χ0) is 19.4. The maximum atomic E-state index is 12.7. The van der Waals surface area contributed by atoms with Crippen molar-refractivity contribution in [3.05, 3.63) is 46.8 Å². The van der Waals surface area contributed by atoms with Crippen LogP contribution in [0.4, 0.5) is 5.69 Å². The number of benzene rings is 1. The molecular formula is C19H25N3O3S2. The number of hydrogen-bond acceptors (Lipinski definition) is 5. The number of nitrogens with one attached hydrogen (secondary N) is 1. The first-order valence-electron chi connectivity index (χ1n) is 9.06. The Morgan fingerprint density at radius 2 is 1.89 bits per heavy atom. The highest BCUT2D eigenvalue weighted by atomic mass is 32.2. The second kappa shape index (κ2) is 8.52.